The van der Waals surface area contributed by atoms with Gasteiger partial charge >= 0.3 is 0 Å². The van der Waals surface area contributed by atoms with E-state index in [0.29, 0.717) is 18.0 Å². The smallest absolute Gasteiger partial charge is 0.218 e. The van der Waals surface area contributed by atoms with Gasteiger partial charge in [0.1, 0.15) is 12.1 Å². The van der Waals surface area contributed by atoms with Crippen molar-refractivity contribution in [2.24, 2.45) is 0 Å². The van der Waals surface area contributed by atoms with Gasteiger partial charge in [-0.1, -0.05) is 23.8 Å². The molecule has 0 aliphatic heterocycles. The summed E-state index contributed by atoms with van der Waals surface area (Å²) in [5.74, 6) is 0.752. The fourth-order valence-corrected chi connectivity index (χ4v) is 3.17. The van der Waals surface area contributed by atoms with Gasteiger partial charge in [0, 0.05) is 29.2 Å². The molecule has 0 amide bonds. The molecule has 0 bridgehead atoms. The Labute approximate surface area is 167 Å². The summed E-state index contributed by atoms with van der Waals surface area (Å²) in [6, 6.07) is 7.78. The van der Waals surface area contributed by atoms with Crippen LogP contribution in [0.1, 0.15) is 16.7 Å². The van der Waals surface area contributed by atoms with Crippen LogP contribution in [0.5, 0.6) is 0 Å². The molecule has 3 heterocycles. The predicted molar refractivity (Wildman–Crippen MR) is 110 cm³/mol. The van der Waals surface area contributed by atoms with Crippen LogP contribution in [0.25, 0.3) is 33.7 Å². The molecule has 0 fully saturated rings. The Morgan fingerprint density at radius 1 is 1.14 bits per heavy atom. The van der Waals surface area contributed by atoms with Crippen molar-refractivity contribution in [2.45, 2.75) is 6.42 Å². The summed E-state index contributed by atoms with van der Waals surface area (Å²) in [6.45, 7) is 7.44. The van der Waals surface area contributed by atoms with Crippen molar-refractivity contribution in [1.29, 1.82) is 0 Å². The van der Waals surface area contributed by atoms with Crippen molar-refractivity contribution in [3.05, 3.63) is 88.5 Å². The third-order valence-electron chi connectivity index (χ3n) is 4.32. The van der Waals surface area contributed by atoms with Gasteiger partial charge in [0.05, 0.1) is 17.9 Å². The number of nitrogens with zero attached hydrogens (tertiary/aromatic N) is 6. The lowest BCUT2D eigenvalue weighted by molar-refractivity contribution is 1.00. The average Bonchev–Trinajstić information content (AvgIpc) is 3.26. The van der Waals surface area contributed by atoms with E-state index in [9.17, 15) is 0 Å². The van der Waals surface area contributed by atoms with Gasteiger partial charge < -0.3 is 4.85 Å². The number of hydrogen-bond acceptors (Lipinski definition) is 4. The van der Waals surface area contributed by atoms with E-state index in [1.54, 1.807) is 24.9 Å². The quantitative estimate of drug-likeness (QED) is 0.474. The molecule has 28 heavy (non-hydrogen) atoms. The Morgan fingerprint density at radius 3 is 2.82 bits per heavy atom. The molecule has 0 atom stereocenters. The van der Waals surface area contributed by atoms with Gasteiger partial charge in [-0.15, -0.1) is 0 Å². The minimum atomic E-state index is 0.402. The van der Waals surface area contributed by atoms with E-state index in [2.05, 4.69) is 20.0 Å². The summed E-state index contributed by atoms with van der Waals surface area (Å²) in [5, 5.41) is 9.31. The highest BCUT2D eigenvalue weighted by Crippen LogP contribution is 2.28. The van der Waals surface area contributed by atoms with Crippen LogP contribution in [0.4, 0.5) is 0 Å². The first-order chi connectivity index (χ1) is 13.7. The van der Waals surface area contributed by atoms with Crippen molar-refractivity contribution in [1.82, 2.24) is 24.7 Å². The molecular formula is C21H15ClN6. The Bertz CT molecular complexity index is 1180. The molecule has 6 nitrogen and oxygen atoms in total. The number of aromatic nitrogens is 5. The number of rotatable bonds is 5. The molecule has 4 aromatic rings. The van der Waals surface area contributed by atoms with Crippen LogP contribution in [0, 0.1) is 6.57 Å². The van der Waals surface area contributed by atoms with Gasteiger partial charge in [-0.2, -0.15) is 10.2 Å². The molecule has 0 aliphatic rings. The van der Waals surface area contributed by atoms with Gasteiger partial charge in [-0.3, -0.25) is 4.57 Å². The molecule has 0 spiro atoms. The minimum absolute atomic E-state index is 0.402. The standard InChI is InChI=1S/C21H15ClN6/c1-23-6-5-17-10-18-16(3-2-15-4-7-25-26-13-15)11-21(28-9-8-24-14-28)27-20(18)12-19(17)22/h2-4,7-14H,5-6H2. The first-order valence-electron chi connectivity index (χ1n) is 8.64. The number of imidazole rings is 1. The monoisotopic (exact) mass is 386 g/mol. The molecule has 0 saturated heterocycles. The highest BCUT2D eigenvalue weighted by atomic mass is 35.5. The normalized spacial score (nSPS) is 11.1. The molecule has 136 valence electrons. The Hall–Kier alpha value is -3.56. The van der Waals surface area contributed by atoms with Crippen LogP contribution in [0.2, 0.25) is 5.02 Å². The first-order valence-corrected chi connectivity index (χ1v) is 9.02. The van der Waals surface area contributed by atoms with E-state index in [1.807, 2.05) is 47.2 Å². The maximum atomic E-state index is 7.04. The summed E-state index contributed by atoms with van der Waals surface area (Å²) in [4.78, 5) is 12.3. The fraction of sp³-hybridized carbons (Fsp3) is 0.0952. The van der Waals surface area contributed by atoms with E-state index in [0.717, 1.165) is 33.4 Å². The van der Waals surface area contributed by atoms with Crippen LogP contribution in [-0.2, 0) is 6.42 Å². The zero-order valence-electron chi connectivity index (χ0n) is 14.8. The van der Waals surface area contributed by atoms with E-state index >= 15 is 0 Å². The summed E-state index contributed by atoms with van der Waals surface area (Å²) in [7, 11) is 0. The minimum Gasteiger partial charge on any atom is -0.317 e. The van der Waals surface area contributed by atoms with Crippen LogP contribution < -0.4 is 0 Å². The Morgan fingerprint density at radius 2 is 2.07 bits per heavy atom. The van der Waals surface area contributed by atoms with Gasteiger partial charge in [-0.25, -0.2) is 16.5 Å². The van der Waals surface area contributed by atoms with E-state index < -0.39 is 0 Å². The predicted octanol–water partition coefficient (Wildman–Crippen LogP) is 4.50. The summed E-state index contributed by atoms with van der Waals surface area (Å²) >= 11 is 6.45. The van der Waals surface area contributed by atoms with Crippen LogP contribution in [0.15, 0.2) is 55.4 Å². The van der Waals surface area contributed by atoms with Crippen LogP contribution in [-0.4, -0.2) is 31.3 Å². The molecule has 1 aromatic carbocycles. The molecule has 0 radical (unpaired) electrons. The third kappa shape index (κ3) is 3.75. The summed E-state index contributed by atoms with van der Waals surface area (Å²) in [5.41, 5.74) is 3.68. The Balaban J connectivity index is 1.87. The van der Waals surface area contributed by atoms with Crippen molar-refractivity contribution in [2.75, 3.05) is 6.54 Å². The first kappa shape index (κ1) is 17.8. The second-order valence-electron chi connectivity index (χ2n) is 6.14. The van der Waals surface area contributed by atoms with Gasteiger partial charge in [0.2, 0.25) is 6.54 Å². The van der Waals surface area contributed by atoms with Crippen molar-refractivity contribution in [3.63, 3.8) is 0 Å². The number of benzene rings is 1. The molecule has 0 saturated carbocycles. The highest BCUT2D eigenvalue weighted by Gasteiger charge is 2.11. The molecule has 7 heteroatoms. The summed E-state index contributed by atoms with van der Waals surface area (Å²) < 4.78 is 1.85. The van der Waals surface area contributed by atoms with Crippen molar-refractivity contribution < 1.29 is 0 Å². The average molecular weight is 387 g/mol. The van der Waals surface area contributed by atoms with Crippen molar-refractivity contribution >= 4 is 34.7 Å². The maximum absolute atomic E-state index is 7.04. The number of fused-ring (bicyclic) bond motifs is 1. The lowest BCUT2D eigenvalue weighted by Crippen LogP contribution is -1.98. The molecule has 0 aliphatic carbocycles. The molecule has 0 N–H and O–H groups in total. The van der Waals surface area contributed by atoms with Crippen LogP contribution in [0.3, 0.4) is 0 Å². The van der Waals surface area contributed by atoms with E-state index in [4.69, 9.17) is 23.2 Å². The highest BCUT2D eigenvalue weighted by molar-refractivity contribution is 6.32. The molecule has 0 unspecified atom stereocenters. The Kier molecular flexibility index (Phi) is 5.09. The number of pyridine rings is 1. The van der Waals surface area contributed by atoms with E-state index in [1.165, 1.54) is 0 Å². The second kappa shape index (κ2) is 7.99. The fourth-order valence-electron chi connectivity index (χ4n) is 2.92. The zero-order valence-corrected chi connectivity index (χ0v) is 15.6. The number of hydrogen-bond donors (Lipinski definition) is 0. The largest absolute Gasteiger partial charge is 0.317 e. The van der Waals surface area contributed by atoms with E-state index in [-0.39, 0.29) is 0 Å². The van der Waals surface area contributed by atoms with Crippen LogP contribution >= 0.6 is 11.6 Å². The maximum Gasteiger partial charge on any atom is 0.218 e. The SMILES string of the molecule is [C-]#[N+]CCc1cc2c(C=Cc3ccnnc3)cc(-n3ccnc3)nc2cc1Cl. The third-order valence-corrected chi connectivity index (χ3v) is 4.67. The zero-order chi connectivity index (χ0) is 19.3. The second-order valence-corrected chi connectivity index (χ2v) is 6.55. The lowest BCUT2D eigenvalue weighted by atomic mass is 10.0. The number of halogens is 1. The topological polar surface area (TPSA) is 60.9 Å². The molecule has 3 aromatic heterocycles. The summed E-state index contributed by atoms with van der Waals surface area (Å²) in [6.07, 6.45) is 13.2. The molecular weight excluding hydrogens is 372 g/mol. The van der Waals surface area contributed by atoms with Crippen molar-refractivity contribution in [3.8, 4) is 5.82 Å². The van der Waals surface area contributed by atoms with Gasteiger partial charge in [0.15, 0.2) is 0 Å². The van der Waals surface area contributed by atoms with Gasteiger partial charge in [0.25, 0.3) is 0 Å². The molecule has 4 rings (SSSR count). The van der Waals surface area contributed by atoms with Gasteiger partial charge in [-0.05, 0) is 41.0 Å². The lowest BCUT2D eigenvalue weighted by Gasteiger charge is -2.10.